The van der Waals surface area contributed by atoms with E-state index >= 15 is 0 Å². The molecule has 8 nitrogen and oxygen atoms in total. The van der Waals surface area contributed by atoms with Crippen LogP contribution in [-0.4, -0.2) is 35.4 Å². The molecule has 1 amide bonds. The summed E-state index contributed by atoms with van der Waals surface area (Å²) in [5, 5.41) is 13.4. The van der Waals surface area contributed by atoms with Gasteiger partial charge in [0.15, 0.2) is 0 Å². The average Bonchev–Trinajstić information content (AvgIpc) is 3.25. The summed E-state index contributed by atoms with van der Waals surface area (Å²) in [6, 6.07) is 10.5. The lowest BCUT2D eigenvalue weighted by molar-refractivity contribution is 0.0949. The van der Waals surface area contributed by atoms with Crippen molar-refractivity contribution in [3.63, 3.8) is 0 Å². The Balaban J connectivity index is 1.16. The minimum absolute atomic E-state index is 0.0778. The third-order valence-corrected chi connectivity index (χ3v) is 7.20. The number of nitrogens with one attached hydrogen (secondary N) is 2. The SMILES string of the molecule is Cc1cnn(Cc2ccc(Cn3cc(C(=O)NCc4c(C)nc5[nH]ccc5c4C)c(C4CC4)n3)cc2)c1. The molecule has 0 unspecified atom stereocenters. The molecule has 0 atom stereocenters. The van der Waals surface area contributed by atoms with Crippen molar-refractivity contribution in [2.45, 2.75) is 59.2 Å². The van der Waals surface area contributed by atoms with Crippen LogP contribution in [0.4, 0.5) is 0 Å². The molecule has 4 heterocycles. The summed E-state index contributed by atoms with van der Waals surface area (Å²) in [7, 11) is 0. The maximum absolute atomic E-state index is 13.3. The maximum Gasteiger partial charge on any atom is 0.255 e. The lowest BCUT2D eigenvalue weighted by Crippen LogP contribution is -2.24. The molecular formula is C29H31N7O. The van der Waals surface area contributed by atoms with Crippen molar-refractivity contribution in [1.29, 1.82) is 0 Å². The van der Waals surface area contributed by atoms with Crippen molar-refractivity contribution in [2.24, 2.45) is 0 Å². The van der Waals surface area contributed by atoms with Crippen LogP contribution >= 0.6 is 0 Å². The summed E-state index contributed by atoms with van der Waals surface area (Å²) in [5.41, 5.74) is 9.11. The van der Waals surface area contributed by atoms with Gasteiger partial charge >= 0.3 is 0 Å². The smallest absolute Gasteiger partial charge is 0.255 e. The average molecular weight is 494 g/mol. The van der Waals surface area contributed by atoms with E-state index in [1.54, 1.807) is 0 Å². The molecule has 2 N–H and O–H groups in total. The predicted octanol–water partition coefficient (Wildman–Crippen LogP) is 4.79. The fourth-order valence-electron chi connectivity index (χ4n) is 4.98. The molecule has 8 heteroatoms. The monoisotopic (exact) mass is 493 g/mol. The van der Waals surface area contributed by atoms with Crippen molar-refractivity contribution in [2.75, 3.05) is 0 Å². The Kier molecular flexibility index (Phi) is 5.87. The van der Waals surface area contributed by atoms with Gasteiger partial charge in [-0.2, -0.15) is 10.2 Å². The van der Waals surface area contributed by atoms with Crippen LogP contribution in [0, 0.1) is 20.8 Å². The summed E-state index contributed by atoms with van der Waals surface area (Å²) >= 11 is 0. The van der Waals surface area contributed by atoms with Gasteiger partial charge in [0, 0.05) is 42.1 Å². The fraction of sp³-hybridized carbons (Fsp3) is 0.310. The second-order valence-corrected chi connectivity index (χ2v) is 10.2. The lowest BCUT2D eigenvalue weighted by Gasteiger charge is -2.11. The Hall–Kier alpha value is -4.20. The Morgan fingerprint density at radius 3 is 2.43 bits per heavy atom. The molecule has 0 spiro atoms. The summed E-state index contributed by atoms with van der Waals surface area (Å²) in [5.74, 6) is 0.300. The van der Waals surface area contributed by atoms with Crippen molar-refractivity contribution in [3.05, 3.63) is 99.9 Å². The highest BCUT2D eigenvalue weighted by Gasteiger charge is 2.31. The van der Waals surface area contributed by atoms with E-state index in [0.717, 1.165) is 64.1 Å². The van der Waals surface area contributed by atoms with Gasteiger partial charge in [-0.1, -0.05) is 24.3 Å². The Bertz CT molecular complexity index is 1580. The third-order valence-electron chi connectivity index (χ3n) is 7.20. The Labute approximate surface area is 215 Å². The highest BCUT2D eigenvalue weighted by molar-refractivity contribution is 5.95. The van der Waals surface area contributed by atoms with Gasteiger partial charge in [0.05, 0.1) is 30.5 Å². The normalized spacial score (nSPS) is 13.4. The molecule has 1 aliphatic rings. The highest BCUT2D eigenvalue weighted by Crippen LogP contribution is 2.40. The largest absolute Gasteiger partial charge is 0.348 e. The maximum atomic E-state index is 13.3. The molecule has 1 saturated carbocycles. The summed E-state index contributed by atoms with van der Waals surface area (Å²) in [4.78, 5) is 21.1. The number of carbonyl (C=O) groups is 1. The summed E-state index contributed by atoms with van der Waals surface area (Å²) in [6.45, 7) is 7.93. The lowest BCUT2D eigenvalue weighted by atomic mass is 10.0. The standard InChI is InChI=1S/C29H31N7O/c1-18-12-32-35(14-18)15-21-4-6-22(7-5-21)16-36-17-26(27(34-36)23-8-9-23)29(37)31-13-25-19(2)24-10-11-30-28(24)33-20(25)3/h4-7,10-12,14,17,23H,8-9,13,15-16H2,1-3H3,(H,30,33)(H,31,37). The summed E-state index contributed by atoms with van der Waals surface area (Å²) in [6.07, 6.45) is 9.89. The molecule has 37 heavy (non-hydrogen) atoms. The minimum Gasteiger partial charge on any atom is -0.348 e. The molecule has 5 aromatic rings. The van der Waals surface area contributed by atoms with Crippen molar-refractivity contribution in [1.82, 2.24) is 34.8 Å². The van der Waals surface area contributed by atoms with E-state index in [1.165, 1.54) is 5.56 Å². The molecule has 0 bridgehead atoms. The first-order valence-electron chi connectivity index (χ1n) is 12.8. The third kappa shape index (κ3) is 4.79. The molecule has 4 aromatic heterocycles. The van der Waals surface area contributed by atoms with E-state index in [2.05, 4.69) is 51.6 Å². The number of H-pyrrole nitrogens is 1. The summed E-state index contributed by atoms with van der Waals surface area (Å²) < 4.78 is 3.85. The van der Waals surface area contributed by atoms with E-state index in [9.17, 15) is 4.79 Å². The van der Waals surface area contributed by atoms with Crippen LogP contribution in [-0.2, 0) is 19.6 Å². The van der Waals surface area contributed by atoms with Crippen LogP contribution < -0.4 is 5.32 Å². The van der Waals surface area contributed by atoms with Gasteiger partial charge in [0.1, 0.15) is 5.65 Å². The molecule has 188 valence electrons. The van der Waals surface area contributed by atoms with E-state index in [0.29, 0.717) is 24.6 Å². The van der Waals surface area contributed by atoms with E-state index in [4.69, 9.17) is 5.10 Å². The Morgan fingerprint density at radius 2 is 1.76 bits per heavy atom. The number of aromatic amines is 1. The van der Waals surface area contributed by atoms with Crippen LogP contribution in [0.1, 0.15) is 68.3 Å². The van der Waals surface area contributed by atoms with Crippen LogP contribution in [0.5, 0.6) is 0 Å². The zero-order chi connectivity index (χ0) is 25.5. The van der Waals surface area contributed by atoms with Crippen LogP contribution in [0.2, 0.25) is 0 Å². The van der Waals surface area contributed by atoms with Crippen molar-refractivity contribution in [3.8, 4) is 0 Å². The zero-order valence-corrected chi connectivity index (χ0v) is 21.5. The zero-order valence-electron chi connectivity index (χ0n) is 21.5. The van der Waals surface area contributed by atoms with Crippen molar-refractivity contribution < 1.29 is 4.79 Å². The van der Waals surface area contributed by atoms with Gasteiger partial charge in [-0.05, 0) is 67.5 Å². The molecular weight excluding hydrogens is 462 g/mol. The molecule has 0 radical (unpaired) electrons. The molecule has 6 rings (SSSR count). The van der Waals surface area contributed by atoms with Crippen LogP contribution in [0.15, 0.2) is 55.1 Å². The molecule has 1 aliphatic carbocycles. The first-order valence-corrected chi connectivity index (χ1v) is 12.8. The number of hydrogen-bond donors (Lipinski definition) is 2. The van der Waals surface area contributed by atoms with E-state index in [1.807, 2.05) is 54.1 Å². The van der Waals surface area contributed by atoms with Crippen LogP contribution in [0.25, 0.3) is 11.0 Å². The van der Waals surface area contributed by atoms with E-state index in [-0.39, 0.29) is 5.91 Å². The van der Waals surface area contributed by atoms with E-state index < -0.39 is 0 Å². The number of nitrogens with zero attached hydrogens (tertiary/aromatic N) is 5. The number of amides is 1. The first kappa shape index (κ1) is 23.2. The van der Waals surface area contributed by atoms with Gasteiger partial charge in [0.2, 0.25) is 0 Å². The van der Waals surface area contributed by atoms with Gasteiger partial charge in [0.25, 0.3) is 5.91 Å². The number of aromatic nitrogens is 6. The predicted molar refractivity (Wildman–Crippen MR) is 143 cm³/mol. The fourth-order valence-corrected chi connectivity index (χ4v) is 4.98. The molecule has 1 fully saturated rings. The highest BCUT2D eigenvalue weighted by atomic mass is 16.1. The number of carbonyl (C=O) groups excluding carboxylic acids is 1. The second-order valence-electron chi connectivity index (χ2n) is 10.2. The number of aryl methyl sites for hydroxylation is 3. The number of fused-ring (bicyclic) bond motifs is 1. The van der Waals surface area contributed by atoms with Crippen LogP contribution in [0.3, 0.4) is 0 Å². The molecule has 0 aliphatic heterocycles. The quantitative estimate of drug-likeness (QED) is 0.325. The number of hydrogen-bond acceptors (Lipinski definition) is 4. The van der Waals surface area contributed by atoms with Gasteiger partial charge < -0.3 is 10.3 Å². The number of pyridine rings is 1. The van der Waals surface area contributed by atoms with Crippen molar-refractivity contribution >= 4 is 16.9 Å². The topological polar surface area (TPSA) is 93.4 Å². The van der Waals surface area contributed by atoms with Gasteiger partial charge in [-0.25, -0.2) is 4.98 Å². The number of benzene rings is 1. The van der Waals surface area contributed by atoms with Gasteiger partial charge in [-0.3, -0.25) is 14.2 Å². The van der Waals surface area contributed by atoms with Gasteiger partial charge in [-0.15, -0.1) is 0 Å². The second kappa shape index (κ2) is 9.35. The molecule has 0 saturated heterocycles. The molecule has 1 aromatic carbocycles. The first-order chi connectivity index (χ1) is 17.9. The minimum atomic E-state index is -0.0778. The Morgan fingerprint density at radius 1 is 1.03 bits per heavy atom. The number of rotatable bonds is 8.